The summed E-state index contributed by atoms with van der Waals surface area (Å²) in [5.74, 6) is -0.388. The third kappa shape index (κ3) is 4.69. The van der Waals surface area contributed by atoms with Crippen LogP contribution in [0.4, 0.5) is 11.4 Å². The number of carbonyl (C=O) groups excluding carboxylic acids is 1. The third-order valence-corrected chi connectivity index (χ3v) is 6.26. The molecule has 0 unspecified atom stereocenters. The number of hydrogen-bond acceptors (Lipinski definition) is 6. The van der Waals surface area contributed by atoms with Crippen LogP contribution in [0.25, 0.3) is 16.6 Å². The summed E-state index contributed by atoms with van der Waals surface area (Å²) in [5, 5.41) is 14.8. The maximum absolute atomic E-state index is 13.4. The number of aromatic nitrogens is 2. The van der Waals surface area contributed by atoms with Gasteiger partial charge in [-0.05, 0) is 62.2 Å². The van der Waals surface area contributed by atoms with E-state index in [1.165, 1.54) is 16.7 Å². The van der Waals surface area contributed by atoms with Crippen LogP contribution in [0.5, 0.6) is 0 Å². The van der Waals surface area contributed by atoms with Crippen molar-refractivity contribution in [3.63, 3.8) is 0 Å². The zero-order valence-corrected chi connectivity index (χ0v) is 19.7. The molecule has 3 aromatic carbocycles. The minimum Gasteiger partial charge on any atom is -0.325 e. The second-order valence-electron chi connectivity index (χ2n) is 7.94. The molecule has 0 aliphatic rings. The summed E-state index contributed by atoms with van der Waals surface area (Å²) < 4.78 is 1.53. The van der Waals surface area contributed by atoms with Crippen LogP contribution in [0.2, 0.25) is 0 Å². The zero-order valence-electron chi connectivity index (χ0n) is 18.9. The Morgan fingerprint density at radius 1 is 1.06 bits per heavy atom. The Morgan fingerprint density at radius 3 is 2.47 bits per heavy atom. The molecule has 1 N–H and O–H groups in total. The molecule has 0 aliphatic carbocycles. The molecule has 0 radical (unpaired) electrons. The van der Waals surface area contributed by atoms with Gasteiger partial charge in [-0.3, -0.25) is 24.3 Å². The maximum Gasteiger partial charge on any atom is 0.274 e. The Morgan fingerprint density at radius 2 is 1.76 bits per heavy atom. The molecular weight excluding hydrogens is 452 g/mol. The summed E-state index contributed by atoms with van der Waals surface area (Å²) >= 11 is 1.13. The Balaban J connectivity index is 1.68. The van der Waals surface area contributed by atoms with Crippen molar-refractivity contribution in [3.05, 3.63) is 97.8 Å². The number of carbonyl (C=O) groups is 1. The highest BCUT2D eigenvalue weighted by molar-refractivity contribution is 7.99. The van der Waals surface area contributed by atoms with Crippen molar-refractivity contribution in [2.45, 2.75) is 25.9 Å². The number of benzene rings is 3. The smallest absolute Gasteiger partial charge is 0.274 e. The van der Waals surface area contributed by atoms with Crippen LogP contribution in [0.1, 0.15) is 16.7 Å². The molecule has 0 saturated heterocycles. The van der Waals surface area contributed by atoms with Gasteiger partial charge < -0.3 is 5.32 Å². The topological polar surface area (TPSA) is 107 Å². The molecule has 0 bridgehead atoms. The van der Waals surface area contributed by atoms with Crippen LogP contribution in [0, 0.1) is 30.9 Å². The van der Waals surface area contributed by atoms with Crippen molar-refractivity contribution < 1.29 is 9.72 Å². The van der Waals surface area contributed by atoms with Gasteiger partial charge in [0.2, 0.25) is 5.91 Å². The molecule has 34 heavy (non-hydrogen) atoms. The van der Waals surface area contributed by atoms with Crippen LogP contribution < -0.4 is 10.9 Å². The van der Waals surface area contributed by atoms with Gasteiger partial charge in [-0.2, -0.15) is 0 Å². The van der Waals surface area contributed by atoms with Gasteiger partial charge >= 0.3 is 0 Å². The summed E-state index contributed by atoms with van der Waals surface area (Å²) in [6, 6.07) is 17.5. The van der Waals surface area contributed by atoms with E-state index in [1.807, 2.05) is 38.1 Å². The molecule has 9 heteroatoms. The fraction of sp³-hybridized carbons (Fsp3) is 0.160. The summed E-state index contributed by atoms with van der Waals surface area (Å²) in [5.41, 5.74) is 3.71. The van der Waals surface area contributed by atoms with Gasteiger partial charge in [-0.25, -0.2) is 4.98 Å². The second kappa shape index (κ2) is 9.48. The molecule has 1 amide bonds. The molecule has 4 aromatic rings. The number of nitro benzene ring substituents is 1. The number of fused-ring (bicyclic) bond motifs is 1. The highest BCUT2D eigenvalue weighted by atomic mass is 32.2. The lowest BCUT2D eigenvalue weighted by Crippen LogP contribution is -2.23. The predicted octanol–water partition coefficient (Wildman–Crippen LogP) is 4.95. The minimum atomic E-state index is -0.485. The van der Waals surface area contributed by atoms with Crippen molar-refractivity contribution in [3.8, 4) is 5.69 Å². The zero-order chi connectivity index (χ0) is 24.4. The normalized spacial score (nSPS) is 10.9. The molecule has 1 aromatic heterocycles. The summed E-state index contributed by atoms with van der Waals surface area (Å²) in [6.07, 6.45) is 0. The number of nitrogens with one attached hydrogen (secondary N) is 1. The van der Waals surface area contributed by atoms with Crippen molar-refractivity contribution in [2.24, 2.45) is 0 Å². The number of anilines is 1. The van der Waals surface area contributed by atoms with E-state index in [-0.39, 0.29) is 22.9 Å². The number of thioether (sulfide) groups is 1. The van der Waals surface area contributed by atoms with Crippen molar-refractivity contribution in [1.29, 1.82) is 0 Å². The first-order chi connectivity index (χ1) is 16.2. The lowest BCUT2D eigenvalue weighted by Gasteiger charge is -2.15. The Bertz CT molecular complexity index is 1480. The number of nitrogens with zero attached hydrogens (tertiary/aromatic N) is 3. The van der Waals surface area contributed by atoms with Gasteiger partial charge in [0.25, 0.3) is 11.2 Å². The molecule has 172 valence electrons. The molecule has 0 spiro atoms. The Labute approximate surface area is 199 Å². The molecular formula is C25H22N4O4S. The number of amides is 1. The SMILES string of the molecule is Cc1cc(C)cc(-n2c(SCC(=O)Nc3cccc([N+](=O)[O-])c3C)nc3ccccc3c2=O)c1. The van der Waals surface area contributed by atoms with E-state index < -0.39 is 4.92 Å². The minimum absolute atomic E-state index is 0.0300. The average molecular weight is 475 g/mol. The molecule has 0 atom stereocenters. The summed E-state index contributed by atoms with van der Waals surface area (Å²) in [6.45, 7) is 5.50. The second-order valence-corrected chi connectivity index (χ2v) is 8.88. The van der Waals surface area contributed by atoms with Crippen LogP contribution >= 0.6 is 11.8 Å². The molecule has 4 rings (SSSR count). The highest BCUT2D eigenvalue weighted by Gasteiger charge is 2.17. The molecule has 0 fully saturated rings. The van der Waals surface area contributed by atoms with E-state index in [0.29, 0.717) is 33.0 Å². The standard InChI is InChI=1S/C25H22N4O4S/c1-15-11-16(2)13-18(12-15)28-24(31)19-7-4-5-8-21(19)27-25(28)34-14-23(30)26-20-9-6-10-22(17(20)3)29(32)33/h4-13H,14H2,1-3H3,(H,26,30). The molecule has 8 nitrogen and oxygen atoms in total. The third-order valence-electron chi connectivity index (χ3n) is 5.32. The number of hydrogen-bond donors (Lipinski definition) is 1. The summed E-state index contributed by atoms with van der Waals surface area (Å²) in [4.78, 5) is 41.5. The first kappa shape index (κ1) is 23.2. The maximum atomic E-state index is 13.4. The lowest BCUT2D eigenvalue weighted by molar-refractivity contribution is -0.385. The average Bonchev–Trinajstić information content (AvgIpc) is 2.78. The van der Waals surface area contributed by atoms with E-state index >= 15 is 0 Å². The van der Waals surface area contributed by atoms with Gasteiger partial charge in [-0.1, -0.05) is 36.0 Å². The van der Waals surface area contributed by atoms with Gasteiger partial charge in [0.1, 0.15) is 0 Å². The fourth-order valence-corrected chi connectivity index (χ4v) is 4.60. The van der Waals surface area contributed by atoms with Gasteiger partial charge in [0, 0.05) is 6.07 Å². The van der Waals surface area contributed by atoms with Gasteiger partial charge in [0.05, 0.1) is 38.5 Å². The molecule has 0 aliphatic heterocycles. The van der Waals surface area contributed by atoms with Crippen LogP contribution in [0.15, 0.2) is 70.6 Å². The number of nitro groups is 1. The first-order valence-corrected chi connectivity index (χ1v) is 11.5. The van der Waals surface area contributed by atoms with E-state index in [4.69, 9.17) is 0 Å². The molecule has 0 saturated carbocycles. The predicted molar refractivity (Wildman–Crippen MR) is 134 cm³/mol. The van der Waals surface area contributed by atoms with Crippen LogP contribution in [0.3, 0.4) is 0 Å². The van der Waals surface area contributed by atoms with E-state index in [9.17, 15) is 19.7 Å². The summed E-state index contributed by atoms with van der Waals surface area (Å²) in [7, 11) is 0. The fourth-order valence-electron chi connectivity index (χ4n) is 3.79. The van der Waals surface area contributed by atoms with Gasteiger partial charge in [0.15, 0.2) is 5.16 Å². The van der Waals surface area contributed by atoms with Crippen molar-refractivity contribution in [2.75, 3.05) is 11.1 Å². The van der Waals surface area contributed by atoms with E-state index in [2.05, 4.69) is 10.3 Å². The Hall–Kier alpha value is -3.98. The first-order valence-electron chi connectivity index (χ1n) is 10.5. The monoisotopic (exact) mass is 474 g/mol. The highest BCUT2D eigenvalue weighted by Crippen LogP contribution is 2.26. The lowest BCUT2D eigenvalue weighted by atomic mass is 10.1. The molecule has 1 heterocycles. The van der Waals surface area contributed by atoms with E-state index in [0.717, 1.165) is 22.9 Å². The van der Waals surface area contributed by atoms with E-state index in [1.54, 1.807) is 31.2 Å². The Kier molecular flexibility index (Phi) is 6.47. The number of aryl methyl sites for hydroxylation is 2. The quantitative estimate of drug-likeness (QED) is 0.183. The van der Waals surface area contributed by atoms with Crippen LogP contribution in [-0.2, 0) is 4.79 Å². The number of rotatable bonds is 6. The van der Waals surface area contributed by atoms with Crippen molar-refractivity contribution >= 4 is 39.9 Å². The van der Waals surface area contributed by atoms with Gasteiger partial charge in [-0.15, -0.1) is 0 Å². The number of para-hydroxylation sites is 1. The van der Waals surface area contributed by atoms with Crippen molar-refractivity contribution in [1.82, 2.24) is 9.55 Å². The van der Waals surface area contributed by atoms with Crippen LogP contribution in [-0.4, -0.2) is 26.1 Å². The largest absolute Gasteiger partial charge is 0.325 e.